The number of carboxylic acid groups (broad SMARTS) is 1. The number of carboxylic acids is 1. The second-order valence-electron chi connectivity index (χ2n) is 4.56. The first-order chi connectivity index (χ1) is 6.83. The summed E-state index contributed by atoms with van der Waals surface area (Å²) in [6.45, 7) is 6.64. The Hall–Kier alpha value is 0.712. The number of hydrogen-bond acceptors (Lipinski definition) is 1. The van der Waals surface area contributed by atoms with Crippen LogP contribution in [0.3, 0.4) is 0 Å². The van der Waals surface area contributed by atoms with Crippen LogP contribution in [-0.4, -0.2) is 11.1 Å². The molecule has 0 unspecified atom stereocenters. The summed E-state index contributed by atoms with van der Waals surface area (Å²) in [7, 11) is 9.63. The van der Waals surface area contributed by atoms with Crippen LogP contribution in [0.25, 0.3) is 0 Å². The molecule has 0 aromatic heterocycles. The van der Waals surface area contributed by atoms with E-state index in [0.717, 1.165) is 19.3 Å². The van der Waals surface area contributed by atoms with Gasteiger partial charge < -0.3 is 5.11 Å². The summed E-state index contributed by atoms with van der Waals surface area (Å²) in [5.41, 5.74) is 0.392. The Labute approximate surface area is 109 Å². The van der Waals surface area contributed by atoms with Crippen molar-refractivity contribution in [2.45, 2.75) is 52.9 Å². The molecule has 0 bridgehead atoms. The van der Waals surface area contributed by atoms with E-state index in [9.17, 15) is 4.79 Å². The predicted octanol–water partition coefficient (Wildman–Crippen LogP) is 4.44. The minimum absolute atomic E-state index is 0.106. The molecule has 0 aromatic carbocycles. The summed E-state index contributed by atoms with van der Waals surface area (Å²) < 4.78 is 0. The first-order valence-corrected chi connectivity index (χ1v) is 8.88. The molecular formula is C10H20Cl2O2Pd. The zero-order chi connectivity index (χ0) is 12.3. The van der Waals surface area contributed by atoms with Gasteiger partial charge in [-0.2, -0.15) is 0 Å². The molecule has 0 aliphatic rings. The van der Waals surface area contributed by atoms with Gasteiger partial charge in [-0.15, -0.1) is 0 Å². The number of hydrogen-bond donors (Lipinski definition) is 1. The summed E-state index contributed by atoms with van der Waals surface area (Å²) in [5, 5.41) is 8.37. The van der Waals surface area contributed by atoms with Gasteiger partial charge in [0.05, 0.1) is 0 Å². The Morgan fingerprint density at radius 2 is 1.67 bits per heavy atom. The van der Waals surface area contributed by atoms with E-state index in [0.29, 0.717) is 11.8 Å². The van der Waals surface area contributed by atoms with E-state index in [1.807, 2.05) is 0 Å². The molecule has 0 aromatic rings. The van der Waals surface area contributed by atoms with E-state index in [4.69, 9.17) is 24.2 Å². The average molecular weight is 350 g/mol. The first kappa shape index (κ1) is 18.1. The van der Waals surface area contributed by atoms with Crippen LogP contribution in [0.4, 0.5) is 0 Å². The number of unbranched alkanes of at least 4 members (excludes halogenated alkanes) is 2. The quantitative estimate of drug-likeness (QED) is 0.588. The standard InChI is InChI=1S/C10H20O2.2ClH.Pd/c1-10(2,3)8-6-4-5-7-9(11)12;;;/h4-8H2,1-3H3,(H,11,12);2*1H;/q;;;+2/p-2. The third kappa shape index (κ3) is 25.2. The third-order valence-corrected chi connectivity index (χ3v) is 1.82. The Balaban J connectivity index is 0. The molecule has 96 valence electrons. The third-order valence-electron chi connectivity index (χ3n) is 1.82. The van der Waals surface area contributed by atoms with Crippen LogP contribution < -0.4 is 0 Å². The van der Waals surface area contributed by atoms with E-state index in [1.165, 1.54) is 6.42 Å². The number of halogens is 2. The number of rotatable bonds is 5. The van der Waals surface area contributed by atoms with Gasteiger partial charge in [0.2, 0.25) is 0 Å². The molecule has 15 heavy (non-hydrogen) atoms. The van der Waals surface area contributed by atoms with Crippen LogP contribution in [0.5, 0.6) is 0 Å². The van der Waals surface area contributed by atoms with Gasteiger partial charge in [-0.3, -0.25) is 4.79 Å². The van der Waals surface area contributed by atoms with Gasteiger partial charge in [-0.05, 0) is 18.3 Å². The van der Waals surface area contributed by atoms with Crippen molar-refractivity contribution in [2.24, 2.45) is 5.41 Å². The van der Waals surface area contributed by atoms with Crippen LogP contribution in [0.1, 0.15) is 52.9 Å². The molecule has 0 aliphatic carbocycles. The molecule has 0 amide bonds. The topological polar surface area (TPSA) is 37.3 Å². The number of aliphatic carboxylic acids is 1. The van der Waals surface area contributed by atoms with Crippen molar-refractivity contribution in [1.82, 2.24) is 0 Å². The summed E-state index contributed by atoms with van der Waals surface area (Å²) in [5.74, 6) is -0.675. The normalized spacial score (nSPS) is 10.7. The van der Waals surface area contributed by atoms with Crippen molar-refractivity contribution in [3.8, 4) is 0 Å². The van der Waals surface area contributed by atoms with Crippen molar-refractivity contribution in [3.63, 3.8) is 0 Å². The molecular weight excluding hydrogens is 329 g/mol. The second-order valence-corrected chi connectivity index (χ2v) is 6.92. The van der Waals surface area contributed by atoms with E-state index < -0.39 is 5.97 Å². The van der Waals surface area contributed by atoms with E-state index in [1.54, 1.807) is 0 Å². The first-order valence-electron chi connectivity index (χ1n) is 4.87. The molecule has 0 spiro atoms. The Kier molecular flexibility index (Phi) is 13.5. The number of carbonyl (C=O) groups is 1. The summed E-state index contributed by atoms with van der Waals surface area (Å²) in [6, 6.07) is 0. The van der Waals surface area contributed by atoms with Gasteiger partial charge in [0, 0.05) is 6.42 Å². The van der Waals surface area contributed by atoms with Crippen LogP contribution in [-0.2, 0) is 20.7 Å². The van der Waals surface area contributed by atoms with Gasteiger partial charge >= 0.3 is 41.0 Å². The fourth-order valence-electron chi connectivity index (χ4n) is 1.11. The van der Waals surface area contributed by atoms with Crippen molar-refractivity contribution in [1.29, 1.82) is 0 Å². The van der Waals surface area contributed by atoms with E-state index in [-0.39, 0.29) is 15.9 Å². The van der Waals surface area contributed by atoms with Crippen molar-refractivity contribution in [2.75, 3.05) is 0 Å². The molecule has 0 atom stereocenters. The molecule has 5 heteroatoms. The van der Waals surface area contributed by atoms with Gasteiger partial charge in [0.1, 0.15) is 0 Å². The molecule has 0 heterocycles. The van der Waals surface area contributed by atoms with Crippen LogP contribution >= 0.6 is 19.1 Å². The van der Waals surface area contributed by atoms with Crippen LogP contribution in [0, 0.1) is 5.41 Å². The fourth-order valence-corrected chi connectivity index (χ4v) is 1.11. The zero-order valence-electron chi connectivity index (χ0n) is 9.46. The van der Waals surface area contributed by atoms with Crippen molar-refractivity contribution >= 4 is 25.0 Å². The van der Waals surface area contributed by atoms with Crippen molar-refractivity contribution < 1.29 is 25.8 Å². The van der Waals surface area contributed by atoms with Crippen LogP contribution in [0.2, 0.25) is 0 Å². The zero-order valence-corrected chi connectivity index (χ0v) is 12.5. The molecule has 0 radical (unpaired) electrons. The van der Waals surface area contributed by atoms with E-state index in [2.05, 4.69) is 20.8 Å². The Morgan fingerprint density at radius 3 is 2.00 bits per heavy atom. The minimum atomic E-state index is -0.675. The monoisotopic (exact) mass is 348 g/mol. The molecule has 1 N–H and O–H groups in total. The van der Waals surface area contributed by atoms with Crippen molar-refractivity contribution in [3.05, 3.63) is 0 Å². The molecule has 0 rings (SSSR count). The molecule has 0 saturated carbocycles. The van der Waals surface area contributed by atoms with Gasteiger partial charge in [0.15, 0.2) is 0 Å². The summed E-state index contributed by atoms with van der Waals surface area (Å²) in [4.78, 5) is 10.2. The maximum absolute atomic E-state index is 10.2. The van der Waals surface area contributed by atoms with Gasteiger partial charge in [-0.1, -0.05) is 33.6 Å². The van der Waals surface area contributed by atoms with Crippen LogP contribution in [0.15, 0.2) is 0 Å². The molecule has 0 aliphatic heterocycles. The second kappa shape index (κ2) is 11.2. The SMILES string of the molecule is CC(C)(C)CCCCCC(=O)O.[Cl][Pd][Cl]. The predicted molar refractivity (Wildman–Crippen MR) is 61.9 cm³/mol. The fraction of sp³-hybridized carbons (Fsp3) is 0.900. The summed E-state index contributed by atoms with van der Waals surface area (Å²) in [6.07, 6.45) is 4.53. The summed E-state index contributed by atoms with van der Waals surface area (Å²) >= 11 is -0.106. The molecule has 0 saturated heterocycles. The van der Waals surface area contributed by atoms with Gasteiger partial charge in [0.25, 0.3) is 0 Å². The molecule has 0 fully saturated rings. The van der Waals surface area contributed by atoms with Gasteiger partial charge in [-0.25, -0.2) is 0 Å². The maximum atomic E-state index is 10.2. The Bertz CT molecular complexity index is 158. The molecule has 2 nitrogen and oxygen atoms in total. The average Bonchev–Trinajstić information content (AvgIpc) is 2.02. The van der Waals surface area contributed by atoms with E-state index >= 15 is 0 Å². The Morgan fingerprint density at radius 1 is 1.20 bits per heavy atom.